The number of ether oxygens (including phenoxy) is 1. The van der Waals surface area contributed by atoms with Crippen molar-refractivity contribution in [3.63, 3.8) is 0 Å². The second-order valence-electron chi connectivity index (χ2n) is 5.18. The molecular weight excluding hydrogens is 258 g/mol. The number of nitrogens with one attached hydrogen (secondary N) is 1. The first-order valence-electron chi connectivity index (χ1n) is 7.42. The molecule has 0 aromatic heterocycles. The maximum Gasteiger partial charge on any atom is 0.244 e. The summed E-state index contributed by atoms with van der Waals surface area (Å²) in [6.07, 6.45) is 3.30. The van der Waals surface area contributed by atoms with Gasteiger partial charge in [-0.05, 0) is 25.3 Å². The highest BCUT2D eigenvalue weighted by Crippen LogP contribution is 2.17. The Balaban J connectivity index is 2.52. The van der Waals surface area contributed by atoms with Crippen LogP contribution in [0.15, 0.2) is 0 Å². The molecule has 1 aliphatic rings. The lowest BCUT2D eigenvalue weighted by atomic mass is 9.96. The van der Waals surface area contributed by atoms with Crippen molar-refractivity contribution in [1.82, 2.24) is 10.2 Å². The molecule has 0 radical (unpaired) electrons. The molecule has 1 heterocycles. The van der Waals surface area contributed by atoms with Crippen LogP contribution in [0.4, 0.5) is 0 Å². The molecule has 0 aromatic rings. The fourth-order valence-electron chi connectivity index (χ4n) is 2.55. The summed E-state index contributed by atoms with van der Waals surface area (Å²) < 4.78 is 5.30. The van der Waals surface area contributed by atoms with Crippen LogP contribution in [0, 0.1) is 5.92 Å². The van der Waals surface area contributed by atoms with Crippen molar-refractivity contribution in [1.29, 1.82) is 0 Å². The summed E-state index contributed by atoms with van der Waals surface area (Å²) in [6, 6.07) is -0.490. The van der Waals surface area contributed by atoms with Crippen LogP contribution < -0.4 is 11.1 Å². The topological polar surface area (TPSA) is 84.7 Å². The van der Waals surface area contributed by atoms with Gasteiger partial charge in [-0.15, -0.1) is 0 Å². The van der Waals surface area contributed by atoms with Gasteiger partial charge in [0.1, 0.15) is 6.04 Å². The zero-order chi connectivity index (χ0) is 15.0. The van der Waals surface area contributed by atoms with Crippen molar-refractivity contribution in [2.45, 2.75) is 38.6 Å². The molecule has 2 unspecified atom stereocenters. The first kappa shape index (κ1) is 16.9. The Kier molecular flexibility index (Phi) is 7.54. The number of likely N-dealkylation sites (N-methyl/N-ethyl adjacent to an activating group) is 1. The molecule has 2 amide bonds. The minimum absolute atomic E-state index is 0.0392. The molecule has 0 aliphatic carbocycles. The molecule has 0 aromatic carbocycles. The number of nitrogens with two attached hydrogens (primary N) is 1. The minimum atomic E-state index is -0.490. The molecule has 2 atom stereocenters. The molecule has 116 valence electrons. The lowest BCUT2D eigenvalue weighted by Crippen LogP contribution is -2.55. The summed E-state index contributed by atoms with van der Waals surface area (Å²) in [5.74, 6) is 0.368. The fraction of sp³-hybridized carbons (Fsp3) is 0.857. The van der Waals surface area contributed by atoms with Gasteiger partial charge < -0.3 is 20.7 Å². The average Bonchev–Trinajstić information content (AvgIpc) is 2.50. The Bertz CT molecular complexity index is 323. The molecule has 6 heteroatoms. The summed E-state index contributed by atoms with van der Waals surface area (Å²) >= 11 is 0. The summed E-state index contributed by atoms with van der Waals surface area (Å²) in [6.45, 7) is 4.05. The highest BCUT2D eigenvalue weighted by Gasteiger charge is 2.32. The van der Waals surface area contributed by atoms with E-state index in [1.807, 2.05) is 0 Å². The summed E-state index contributed by atoms with van der Waals surface area (Å²) in [7, 11) is 1.58. The van der Waals surface area contributed by atoms with Crippen LogP contribution in [-0.4, -0.2) is 56.1 Å². The number of nitrogens with zero attached hydrogens (tertiary/aromatic N) is 1. The zero-order valence-electron chi connectivity index (χ0n) is 12.6. The Morgan fingerprint density at radius 2 is 2.20 bits per heavy atom. The smallest absolute Gasteiger partial charge is 0.244 e. The lowest BCUT2D eigenvalue weighted by molar-refractivity contribution is -0.148. The summed E-state index contributed by atoms with van der Waals surface area (Å²) in [5.41, 5.74) is 5.57. The van der Waals surface area contributed by atoms with Gasteiger partial charge in [-0.3, -0.25) is 9.59 Å². The van der Waals surface area contributed by atoms with Gasteiger partial charge in [0.25, 0.3) is 0 Å². The van der Waals surface area contributed by atoms with E-state index in [1.54, 1.807) is 11.9 Å². The molecule has 1 rings (SSSR count). The van der Waals surface area contributed by atoms with Crippen molar-refractivity contribution >= 4 is 11.8 Å². The van der Waals surface area contributed by atoms with Crippen molar-refractivity contribution in [3.8, 4) is 0 Å². The molecular formula is C14H27N3O3. The quantitative estimate of drug-likeness (QED) is 0.695. The highest BCUT2D eigenvalue weighted by atomic mass is 16.5. The van der Waals surface area contributed by atoms with E-state index in [2.05, 4.69) is 12.2 Å². The average molecular weight is 285 g/mol. The third-order valence-corrected chi connectivity index (χ3v) is 3.92. The molecule has 0 saturated carbocycles. The number of amides is 2. The Labute approximate surface area is 121 Å². The lowest BCUT2D eigenvalue weighted by Gasteiger charge is -2.34. The Morgan fingerprint density at radius 3 is 2.80 bits per heavy atom. The predicted octanol–water partition coefficient (Wildman–Crippen LogP) is 0.115. The Morgan fingerprint density at radius 1 is 1.45 bits per heavy atom. The number of carbonyl (C=O) groups is 2. The fourth-order valence-corrected chi connectivity index (χ4v) is 2.55. The van der Waals surface area contributed by atoms with Gasteiger partial charge in [0.05, 0.1) is 13.2 Å². The standard InChI is InChI=1S/C14H27N3O3/c1-3-11(6-7-15)4-5-13(18)17-8-9-20-10-12(17)14(19)16-2/h11-12H,3-10,15H2,1-2H3,(H,16,19). The SMILES string of the molecule is CCC(CCN)CCC(=O)N1CCOCC1C(=O)NC. The van der Waals surface area contributed by atoms with Crippen LogP contribution in [0.5, 0.6) is 0 Å². The first-order chi connectivity index (χ1) is 9.63. The van der Waals surface area contributed by atoms with E-state index in [-0.39, 0.29) is 18.4 Å². The van der Waals surface area contributed by atoms with Crippen molar-refractivity contribution in [2.24, 2.45) is 11.7 Å². The van der Waals surface area contributed by atoms with Gasteiger partial charge in [0.2, 0.25) is 11.8 Å². The predicted molar refractivity (Wildman–Crippen MR) is 77.1 cm³/mol. The van der Waals surface area contributed by atoms with E-state index in [9.17, 15) is 9.59 Å². The third kappa shape index (κ3) is 4.76. The number of carbonyl (C=O) groups excluding carboxylic acids is 2. The normalized spacial score (nSPS) is 20.6. The molecule has 1 fully saturated rings. The van der Waals surface area contributed by atoms with Crippen molar-refractivity contribution in [3.05, 3.63) is 0 Å². The van der Waals surface area contributed by atoms with Crippen molar-refractivity contribution in [2.75, 3.05) is 33.4 Å². The van der Waals surface area contributed by atoms with Gasteiger partial charge in [-0.25, -0.2) is 0 Å². The van der Waals surface area contributed by atoms with E-state index in [0.29, 0.717) is 32.0 Å². The Hall–Kier alpha value is -1.14. The number of morpholine rings is 1. The van der Waals surface area contributed by atoms with Gasteiger partial charge in [-0.1, -0.05) is 13.3 Å². The van der Waals surface area contributed by atoms with Crippen LogP contribution >= 0.6 is 0 Å². The largest absolute Gasteiger partial charge is 0.377 e. The molecule has 0 bridgehead atoms. The molecule has 20 heavy (non-hydrogen) atoms. The van der Waals surface area contributed by atoms with Crippen LogP contribution in [0.2, 0.25) is 0 Å². The minimum Gasteiger partial charge on any atom is -0.377 e. The van der Waals surface area contributed by atoms with Gasteiger partial charge in [-0.2, -0.15) is 0 Å². The number of hydrogen-bond acceptors (Lipinski definition) is 4. The van der Waals surface area contributed by atoms with Crippen LogP contribution in [0.3, 0.4) is 0 Å². The second-order valence-corrected chi connectivity index (χ2v) is 5.18. The third-order valence-electron chi connectivity index (χ3n) is 3.92. The van der Waals surface area contributed by atoms with Crippen LogP contribution in [0.1, 0.15) is 32.6 Å². The van der Waals surface area contributed by atoms with E-state index in [0.717, 1.165) is 19.3 Å². The molecule has 6 nitrogen and oxygen atoms in total. The molecule has 1 saturated heterocycles. The molecule has 0 spiro atoms. The maximum atomic E-state index is 12.3. The van der Waals surface area contributed by atoms with E-state index in [4.69, 9.17) is 10.5 Å². The maximum absolute atomic E-state index is 12.3. The van der Waals surface area contributed by atoms with Gasteiger partial charge in [0, 0.05) is 20.0 Å². The number of rotatable bonds is 7. The van der Waals surface area contributed by atoms with Crippen molar-refractivity contribution < 1.29 is 14.3 Å². The molecule has 1 aliphatic heterocycles. The van der Waals surface area contributed by atoms with Gasteiger partial charge >= 0.3 is 0 Å². The van der Waals surface area contributed by atoms with E-state index >= 15 is 0 Å². The zero-order valence-corrected chi connectivity index (χ0v) is 12.6. The summed E-state index contributed by atoms with van der Waals surface area (Å²) in [4.78, 5) is 25.7. The first-order valence-corrected chi connectivity index (χ1v) is 7.42. The number of hydrogen-bond donors (Lipinski definition) is 2. The van der Waals surface area contributed by atoms with E-state index < -0.39 is 6.04 Å². The van der Waals surface area contributed by atoms with Crippen LogP contribution in [0.25, 0.3) is 0 Å². The summed E-state index contributed by atoms with van der Waals surface area (Å²) in [5, 5.41) is 2.59. The highest BCUT2D eigenvalue weighted by molar-refractivity contribution is 5.87. The van der Waals surface area contributed by atoms with Crippen LogP contribution in [-0.2, 0) is 14.3 Å². The molecule has 3 N–H and O–H groups in total. The van der Waals surface area contributed by atoms with Gasteiger partial charge in [0.15, 0.2) is 0 Å². The second kappa shape index (κ2) is 8.92. The van der Waals surface area contributed by atoms with E-state index in [1.165, 1.54) is 0 Å². The monoisotopic (exact) mass is 285 g/mol.